The van der Waals surface area contributed by atoms with Gasteiger partial charge in [0.15, 0.2) is 0 Å². The number of nitriles is 1. The second-order valence-corrected chi connectivity index (χ2v) is 6.49. The lowest BCUT2D eigenvalue weighted by molar-refractivity contribution is 0.196. The van der Waals surface area contributed by atoms with Crippen LogP contribution in [0.4, 0.5) is 5.69 Å². The van der Waals surface area contributed by atoms with Gasteiger partial charge < -0.3 is 4.90 Å². The Morgan fingerprint density at radius 3 is 2.55 bits per heavy atom. The van der Waals surface area contributed by atoms with Crippen molar-refractivity contribution in [3.8, 4) is 18.4 Å². The lowest BCUT2D eigenvalue weighted by Gasteiger charge is -2.38. The molecule has 1 aromatic rings. The van der Waals surface area contributed by atoms with Crippen molar-refractivity contribution in [2.75, 3.05) is 18.0 Å². The Morgan fingerprint density at radius 2 is 1.95 bits per heavy atom. The average molecular weight is 289 g/mol. The molecule has 3 aliphatic rings. The summed E-state index contributed by atoms with van der Waals surface area (Å²) in [5, 5.41) is 8.91. The van der Waals surface area contributed by atoms with Crippen LogP contribution in [-0.2, 0) is 0 Å². The van der Waals surface area contributed by atoms with E-state index in [9.17, 15) is 0 Å². The van der Waals surface area contributed by atoms with Crippen LogP contribution in [0.25, 0.3) is 0 Å². The Labute approximate surface area is 131 Å². The van der Waals surface area contributed by atoms with E-state index in [0.29, 0.717) is 18.1 Å². The Hall–Kier alpha value is -2.23. The predicted octanol–water partition coefficient (Wildman–Crippen LogP) is 2.54. The largest absolute Gasteiger partial charge is 0.366 e. The van der Waals surface area contributed by atoms with E-state index >= 15 is 0 Å². The first kappa shape index (κ1) is 13.4. The number of allylic oxidation sites excluding steroid dienone is 1. The number of hydrogen-bond acceptors (Lipinski definition) is 3. The molecule has 0 amide bonds. The maximum absolute atomic E-state index is 8.91. The molecule has 3 heteroatoms. The number of likely N-dealkylation sites (tertiary alicyclic amines) is 1. The van der Waals surface area contributed by atoms with Gasteiger partial charge in [0.1, 0.15) is 0 Å². The zero-order valence-electron chi connectivity index (χ0n) is 12.6. The molecule has 3 atom stereocenters. The lowest BCUT2D eigenvalue weighted by Crippen LogP contribution is -2.49. The number of anilines is 1. The lowest BCUT2D eigenvalue weighted by atomic mass is 10.1. The molecule has 1 unspecified atom stereocenters. The zero-order chi connectivity index (χ0) is 15.1. The predicted molar refractivity (Wildman–Crippen MR) is 87.3 cm³/mol. The summed E-state index contributed by atoms with van der Waals surface area (Å²) in [5.74, 6) is 2.80. The second kappa shape index (κ2) is 5.20. The topological polar surface area (TPSA) is 30.3 Å². The molecule has 2 saturated heterocycles. The van der Waals surface area contributed by atoms with Gasteiger partial charge in [-0.1, -0.05) is 12.0 Å². The first-order chi connectivity index (χ1) is 10.8. The minimum Gasteiger partial charge on any atom is -0.366 e. The van der Waals surface area contributed by atoms with Crippen molar-refractivity contribution in [3.05, 3.63) is 41.5 Å². The molecule has 2 bridgehead atoms. The van der Waals surface area contributed by atoms with Crippen LogP contribution in [0.15, 0.2) is 35.9 Å². The summed E-state index contributed by atoms with van der Waals surface area (Å²) in [5.41, 5.74) is 3.15. The van der Waals surface area contributed by atoms with Gasteiger partial charge in [-0.25, -0.2) is 0 Å². The van der Waals surface area contributed by atoms with Gasteiger partial charge in [-0.2, -0.15) is 5.26 Å². The van der Waals surface area contributed by atoms with E-state index < -0.39 is 0 Å². The Bertz CT molecular complexity index is 689. The smallest absolute Gasteiger partial charge is 0.0991 e. The van der Waals surface area contributed by atoms with Crippen LogP contribution < -0.4 is 4.90 Å². The third-order valence-corrected chi connectivity index (χ3v) is 5.33. The number of hydrogen-bond donors (Lipinski definition) is 0. The molecule has 2 fully saturated rings. The number of nitrogens with zero attached hydrogens (tertiary/aromatic N) is 3. The van der Waals surface area contributed by atoms with Gasteiger partial charge >= 0.3 is 0 Å². The highest BCUT2D eigenvalue weighted by Gasteiger charge is 2.45. The average Bonchev–Trinajstić information content (AvgIpc) is 3.29. The van der Waals surface area contributed by atoms with Crippen molar-refractivity contribution in [2.24, 2.45) is 0 Å². The van der Waals surface area contributed by atoms with E-state index in [1.54, 1.807) is 0 Å². The molecule has 1 aromatic carbocycles. The highest BCUT2D eigenvalue weighted by molar-refractivity contribution is 5.52. The van der Waals surface area contributed by atoms with Crippen molar-refractivity contribution < 1.29 is 0 Å². The van der Waals surface area contributed by atoms with E-state index in [0.717, 1.165) is 25.1 Å². The van der Waals surface area contributed by atoms with E-state index in [1.807, 2.05) is 12.1 Å². The molecule has 22 heavy (non-hydrogen) atoms. The summed E-state index contributed by atoms with van der Waals surface area (Å²) in [6.07, 6.45) is 11.3. The summed E-state index contributed by atoms with van der Waals surface area (Å²) in [6.45, 7) is 2.22. The summed E-state index contributed by atoms with van der Waals surface area (Å²) < 4.78 is 0. The van der Waals surface area contributed by atoms with Crippen LogP contribution in [0.3, 0.4) is 0 Å². The number of benzene rings is 1. The van der Waals surface area contributed by atoms with Crippen LogP contribution in [0.5, 0.6) is 0 Å². The zero-order valence-corrected chi connectivity index (χ0v) is 12.6. The van der Waals surface area contributed by atoms with Crippen molar-refractivity contribution >= 4 is 5.69 Å². The fraction of sp³-hybridized carbons (Fsp3) is 0.421. The second-order valence-electron chi connectivity index (χ2n) is 6.49. The monoisotopic (exact) mass is 289 g/mol. The normalized spacial score (nSPS) is 30.2. The maximum atomic E-state index is 8.91. The van der Waals surface area contributed by atoms with Gasteiger partial charge in [-0.3, -0.25) is 4.90 Å². The molecule has 0 spiro atoms. The van der Waals surface area contributed by atoms with Crippen LogP contribution in [0.1, 0.15) is 24.8 Å². The standard InChI is InChI=1S/C19H19N3/c1-2-14-3-8-17(9-14)22-13-18-10-19(22)12-21(18)16-6-4-15(11-20)5-7-16/h1,4-7,9,17-19H,3,8,10,12-13H2/t17?,18-,19-/m0/s1. The van der Waals surface area contributed by atoms with Gasteiger partial charge in [-0.15, -0.1) is 6.42 Å². The van der Waals surface area contributed by atoms with Crippen LogP contribution in [-0.4, -0.2) is 36.1 Å². The van der Waals surface area contributed by atoms with E-state index in [-0.39, 0.29) is 0 Å². The van der Waals surface area contributed by atoms with Gasteiger partial charge in [0.2, 0.25) is 0 Å². The molecular weight excluding hydrogens is 270 g/mol. The molecule has 0 N–H and O–H groups in total. The van der Waals surface area contributed by atoms with E-state index in [1.165, 1.54) is 24.1 Å². The van der Waals surface area contributed by atoms with Gasteiger partial charge in [0.25, 0.3) is 0 Å². The summed E-state index contributed by atoms with van der Waals surface area (Å²) in [4.78, 5) is 5.15. The molecule has 2 aliphatic heterocycles. The molecule has 1 aliphatic carbocycles. The Kier molecular flexibility index (Phi) is 3.17. The highest BCUT2D eigenvalue weighted by Crippen LogP contribution is 2.38. The van der Waals surface area contributed by atoms with Gasteiger partial charge in [0.05, 0.1) is 11.6 Å². The van der Waals surface area contributed by atoms with Gasteiger partial charge in [0, 0.05) is 36.9 Å². The maximum Gasteiger partial charge on any atom is 0.0991 e. The van der Waals surface area contributed by atoms with Crippen LogP contribution >= 0.6 is 0 Å². The first-order valence-electron chi connectivity index (χ1n) is 7.98. The minimum absolute atomic E-state index is 0.546. The molecule has 0 aromatic heterocycles. The van der Waals surface area contributed by atoms with E-state index in [4.69, 9.17) is 11.7 Å². The van der Waals surface area contributed by atoms with Crippen molar-refractivity contribution in [3.63, 3.8) is 0 Å². The third kappa shape index (κ3) is 2.10. The molecule has 4 rings (SSSR count). The Morgan fingerprint density at radius 1 is 1.14 bits per heavy atom. The molecule has 110 valence electrons. The molecule has 0 saturated carbocycles. The quantitative estimate of drug-likeness (QED) is 0.784. The van der Waals surface area contributed by atoms with E-state index in [2.05, 4.69) is 40.0 Å². The molecular formula is C19H19N3. The molecule has 0 radical (unpaired) electrons. The number of terminal acetylenes is 1. The number of fused-ring (bicyclic) bond motifs is 2. The first-order valence-corrected chi connectivity index (χ1v) is 7.98. The third-order valence-electron chi connectivity index (χ3n) is 5.33. The fourth-order valence-electron chi connectivity index (χ4n) is 4.23. The minimum atomic E-state index is 0.546. The van der Waals surface area contributed by atoms with Crippen LogP contribution in [0.2, 0.25) is 0 Å². The fourth-order valence-corrected chi connectivity index (χ4v) is 4.23. The Balaban J connectivity index is 1.47. The van der Waals surface area contributed by atoms with Crippen LogP contribution in [0, 0.1) is 23.7 Å². The molecule has 2 heterocycles. The SMILES string of the molecule is C#CC1=CC(N2C[C@@H]3C[C@H]2CN3c2ccc(C#N)cc2)CC1. The summed E-state index contributed by atoms with van der Waals surface area (Å²) in [7, 11) is 0. The number of rotatable bonds is 2. The summed E-state index contributed by atoms with van der Waals surface area (Å²) >= 11 is 0. The van der Waals surface area contributed by atoms with Gasteiger partial charge in [-0.05, 0) is 49.1 Å². The van der Waals surface area contributed by atoms with Crippen molar-refractivity contribution in [1.82, 2.24) is 4.90 Å². The molecule has 3 nitrogen and oxygen atoms in total. The number of piperazine rings is 1. The summed E-state index contributed by atoms with van der Waals surface area (Å²) in [6, 6.07) is 12.0. The highest BCUT2D eigenvalue weighted by atomic mass is 15.4. The van der Waals surface area contributed by atoms with Crippen molar-refractivity contribution in [2.45, 2.75) is 37.4 Å². The van der Waals surface area contributed by atoms with Crippen molar-refractivity contribution in [1.29, 1.82) is 5.26 Å².